The van der Waals surface area contributed by atoms with Gasteiger partial charge in [0.25, 0.3) is 0 Å². The van der Waals surface area contributed by atoms with Gasteiger partial charge in [-0.1, -0.05) is 41.9 Å². The first kappa shape index (κ1) is 19.5. The second-order valence-electron chi connectivity index (χ2n) is 6.68. The Bertz CT molecular complexity index is 743. The number of hydrogen-bond acceptors (Lipinski definition) is 3. The number of hydrogen-bond donors (Lipinski definition) is 1. The van der Waals surface area contributed by atoms with E-state index in [4.69, 9.17) is 16.3 Å². The Morgan fingerprint density at radius 1 is 1.07 bits per heavy atom. The van der Waals surface area contributed by atoms with Crippen LogP contribution in [-0.2, 0) is 13.0 Å². The van der Waals surface area contributed by atoms with E-state index in [2.05, 4.69) is 22.3 Å². The third-order valence-electron chi connectivity index (χ3n) is 4.91. The zero-order chi connectivity index (χ0) is 19.1. The van der Waals surface area contributed by atoms with Crippen molar-refractivity contribution in [3.05, 3.63) is 64.7 Å². The molecule has 1 heterocycles. The molecule has 1 saturated heterocycles. The van der Waals surface area contributed by atoms with Gasteiger partial charge in [-0.25, -0.2) is 4.79 Å². The number of benzene rings is 2. The molecule has 0 radical (unpaired) electrons. The number of piperazine rings is 1. The molecule has 0 saturated carbocycles. The fourth-order valence-electron chi connectivity index (χ4n) is 3.24. The topological polar surface area (TPSA) is 44.8 Å². The molecule has 0 aromatic heterocycles. The summed E-state index contributed by atoms with van der Waals surface area (Å²) in [6, 6.07) is 15.7. The summed E-state index contributed by atoms with van der Waals surface area (Å²) >= 11 is 5.93. The van der Waals surface area contributed by atoms with E-state index in [0.717, 1.165) is 55.5 Å². The molecule has 2 amide bonds. The first-order valence-electron chi connectivity index (χ1n) is 9.27. The highest BCUT2D eigenvalue weighted by Gasteiger charge is 2.20. The number of methoxy groups -OCH3 is 1. The molecule has 0 aliphatic carbocycles. The van der Waals surface area contributed by atoms with Crippen LogP contribution in [0.3, 0.4) is 0 Å². The maximum atomic E-state index is 12.4. The van der Waals surface area contributed by atoms with Gasteiger partial charge < -0.3 is 15.0 Å². The van der Waals surface area contributed by atoms with Crippen LogP contribution in [0.5, 0.6) is 5.75 Å². The highest BCUT2D eigenvalue weighted by molar-refractivity contribution is 6.30. The molecule has 27 heavy (non-hydrogen) atoms. The van der Waals surface area contributed by atoms with E-state index in [1.54, 1.807) is 7.11 Å². The van der Waals surface area contributed by atoms with Crippen molar-refractivity contribution in [3.8, 4) is 5.75 Å². The predicted octanol–water partition coefficient (Wildman–Crippen LogP) is 3.42. The molecule has 1 fully saturated rings. The van der Waals surface area contributed by atoms with Gasteiger partial charge in [0, 0.05) is 49.9 Å². The van der Waals surface area contributed by atoms with Gasteiger partial charge in [-0.3, -0.25) is 4.90 Å². The molecule has 0 atom stereocenters. The monoisotopic (exact) mass is 387 g/mol. The molecule has 3 rings (SSSR count). The van der Waals surface area contributed by atoms with Crippen LogP contribution in [0.15, 0.2) is 48.5 Å². The smallest absolute Gasteiger partial charge is 0.317 e. The number of rotatable bonds is 6. The molecule has 0 unspecified atom stereocenters. The van der Waals surface area contributed by atoms with Crippen molar-refractivity contribution in [2.75, 3.05) is 39.8 Å². The summed E-state index contributed by atoms with van der Waals surface area (Å²) in [5.74, 6) is 0.796. The average molecular weight is 388 g/mol. The van der Waals surface area contributed by atoms with Crippen LogP contribution in [0.25, 0.3) is 0 Å². The second-order valence-corrected chi connectivity index (χ2v) is 7.11. The zero-order valence-electron chi connectivity index (χ0n) is 15.7. The standard InChI is InChI=1S/C21H26ClN3O2/c1-27-20-5-3-2-4-18(20)16-23-21(26)25-14-12-24(13-15-25)11-10-17-6-8-19(22)9-7-17/h2-9H,10-16H2,1H3,(H,23,26). The predicted molar refractivity (Wildman–Crippen MR) is 108 cm³/mol. The van der Waals surface area contributed by atoms with Crippen molar-refractivity contribution in [3.63, 3.8) is 0 Å². The number of carbonyl (C=O) groups is 1. The largest absolute Gasteiger partial charge is 0.496 e. The lowest BCUT2D eigenvalue weighted by Crippen LogP contribution is -2.51. The number of amides is 2. The first-order valence-corrected chi connectivity index (χ1v) is 9.65. The van der Waals surface area contributed by atoms with Crippen molar-refractivity contribution >= 4 is 17.6 Å². The van der Waals surface area contributed by atoms with Gasteiger partial charge in [0.1, 0.15) is 5.75 Å². The minimum Gasteiger partial charge on any atom is -0.496 e. The van der Waals surface area contributed by atoms with E-state index < -0.39 is 0 Å². The number of urea groups is 1. The quantitative estimate of drug-likeness (QED) is 0.826. The lowest BCUT2D eigenvalue weighted by Gasteiger charge is -2.34. The first-order chi connectivity index (χ1) is 13.2. The number of halogens is 1. The summed E-state index contributed by atoms with van der Waals surface area (Å²) in [4.78, 5) is 16.7. The molecule has 144 valence electrons. The highest BCUT2D eigenvalue weighted by Crippen LogP contribution is 2.17. The van der Waals surface area contributed by atoms with E-state index in [1.807, 2.05) is 41.3 Å². The van der Waals surface area contributed by atoms with E-state index in [9.17, 15) is 4.79 Å². The number of nitrogens with one attached hydrogen (secondary N) is 1. The maximum absolute atomic E-state index is 12.4. The van der Waals surface area contributed by atoms with Gasteiger partial charge in [0.15, 0.2) is 0 Å². The molecule has 2 aromatic rings. The molecule has 0 bridgehead atoms. The van der Waals surface area contributed by atoms with Gasteiger partial charge in [0.2, 0.25) is 0 Å². The van der Waals surface area contributed by atoms with E-state index in [1.165, 1.54) is 5.56 Å². The molecule has 2 aromatic carbocycles. The van der Waals surface area contributed by atoms with Crippen LogP contribution in [0.1, 0.15) is 11.1 Å². The molecule has 6 heteroatoms. The maximum Gasteiger partial charge on any atom is 0.317 e. The third kappa shape index (κ3) is 5.62. The molecular formula is C21H26ClN3O2. The van der Waals surface area contributed by atoms with Crippen LogP contribution in [0.2, 0.25) is 5.02 Å². The SMILES string of the molecule is COc1ccccc1CNC(=O)N1CCN(CCc2ccc(Cl)cc2)CC1. The molecule has 5 nitrogen and oxygen atoms in total. The molecule has 1 aliphatic heterocycles. The van der Waals surface area contributed by atoms with Crippen LogP contribution < -0.4 is 10.1 Å². The normalized spacial score (nSPS) is 14.8. The van der Waals surface area contributed by atoms with Crippen LogP contribution >= 0.6 is 11.6 Å². The summed E-state index contributed by atoms with van der Waals surface area (Å²) in [6.45, 7) is 4.76. The van der Waals surface area contributed by atoms with Crippen molar-refractivity contribution in [2.45, 2.75) is 13.0 Å². The van der Waals surface area contributed by atoms with E-state index >= 15 is 0 Å². The Labute approximate surface area is 165 Å². The summed E-state index contributed by atoms with van der Waals surface area (Å²) in [5, 5.41) is 3.77. The summed E-state index contributed by atoms with van der Waals surface area (Å²) < 4.78 is 5.33. The number of nitrogens with zero attached hydrogens (tertiary/aromatic N) is 2. The minimum absolute atomic E-state index is 0.0155. The lowest BCUT2D eigenvalue weighted by atomic mass is 10.1. The Hall–Kier alpha value is -2.24. The van der Waals surface area contributed by atoms with Crippen molar-refractivity contribution < 1.29 is 9.53 Å². The Kier molecular flexibility index (Phi) is 6.96. The number of para-hydroxylation sites is 1. The van der Waals surface area contributed by atoms with Crippen LogP contribution in [0, 0.1) is 0 Å². The third-order valence-corrected chi connectivity index (χ3v) is 5.16. The molecule has 1 aliphatic rings. The summed E-state index contributed by atoms with van der Waals surface area (Å²) in [5.41, 5.74) is 2.27. The molecule has 1 N–H and O–H groups in total. The Morgan fingerprint density at radius 2 is 1.78 bits per heavy atom. The summed E-state index contributed by atoms with van der Waals surface area (Å²) in [7, 11) is 1.64. The van der Waals surface area contributed by atoms with Crippen molar-refractivity contribution in [2.24, 2.45) is 0 Å². The fourth-order valence-corrected chi connectivity index (χ4v) is 3.37. The van der Waals surface area contributed by atoms with Crippen molar-refractivity contribution in [1.29, 1.82) is 0 Å². The Balaban J connectivity index is 1.40. The van der Waals surface area contributed by atoms with Gasteiger partial charge in [-0.15, -0.1) is 0 Å². The van der Waals surface area contributed by atoms with Gasteiger partial charge >= 0.3 is 6.03 Å². The highest BCUT2D eigenvalue weighted by atomic mass is 35.5. The van der Waals surface area contributed by atoms with Gasteiger partial charge in [-0.05, 0) is 30.2 Å². The average Bonchev–Trinajstić information content (AvgIpc) is 2.72. The molecule has 0 spiro atoms. The molecular weight excluding hydrogens is 362 g/mol. The second kappa shape index (κ2) is 9.62. The number of ether oxygens (including phenoxy) is 1. The van der Waals surface area contributed by atoms with Crippen molar-refractivity contribution in [1.82, 2.24) is 15.1 Å². The van der Waals surface area contributed by atoms with E-state index in [0.29, 0.717) is 6.54 Å². The van der Waals surface area contributed by atoms with Crippen LogP contribution in [-0.4, -0.2) is 55.7 Å². The lowest BCUT2D eigenvalue weighted by molar-refractivity contribution is 0.140. The fraction of sp³-hybridized carbons (Fsp3) is 0.381. The van der Waals surface area contributed by atoms with Crippen LogP contribution in [0.4, 0.5) is 4.79 Å². The Morgan fingerprint density at radius 3 is 2.48 bits per heavy atom. The number of carbonyl (C=O) groups excluding carboxylic acids is 1. The zero-order valence-corrected chi connectivity index (χ0v) is 16.4. The minimum atomic E-state index is -0.0155. The summed E-state index contributed by atoms with van der Waals surface area (Å²) in [6.07, 6.45) is 0.997. The van der Waals surface area contributed by atoms with Gasteiger partial charge in [-0.2, -0.15) is 0 Å². The van der Waals surface area contributed by atoms with Gasteiger partial charge in [0.05, 0.1) is 7.11 Å². The van der Waals surface area contributed by atoms with E-state index in [-0.39, 0.29) is 6.03 Å².